The van der Waals surface area contributed by atoms with E-state index in [1.54, 1.807) is 18.7 Å². The van der Waals surface area contributed by atoms with Crippen LogP contribution in [0.15, 0.2) is 38.6 Å². The van der Waals surface area contributed by atoms with E-state index in [0.717, 1.165) is 28.7 Å². The first-order chi connectivity index (χ1) is 14.3. The van der Waals surface area contributed by atoms with Gasteiger partial charge in [0.1, 0.15) is 12.3 Å². The molecule has 0 radical (unpaired) electrons. The summed E-state index contributed by atoms with van der Waals surface area (Å²) in [6, 6.07) is 7.83. The molecule has 0 saturated heterocycles. The molecule has 10 heteroatoms. The SMILES string of the molecule is COc1ccc(CN(C(=O)Cn2c(Br)nc3c(=O)n(C)c(=O)n(C)c32)C2CC2)cc1. The van der Waals surface area contributed by atoms with Crippen LogP contribution in [0.2, 0.25) is 0 Å². The van der Waals surface area contributed by atoms with Crippen LogP contribution in [-0.4, -0.2) is 42.6 Å². The van der Waals surface area contributed by atoms with Crippen LogP contribution in [0.1, 0.15) is 18.4 Å². The number of imidazole rings is 1. The van der Waals surface area contributed by atoms with E-state index in [9.17, 15) is 14.4 Å². The van der Waals surface area contributed by atoms with Crippen molar-refractivity contribution in [2.24, 2.45) is 14.1 Å². The number of aryl methyl sites for hydroxylation is 1. The first-order valence-electron chi connectivity index (χ1n) is 9.56. The molecule has 30 heavy (non-hydrogen) atoms. The standard InChI is InChI=1S/C20H22BrN5O4/c1-23-17-16(18(28)24(2)20(23)29)22-19(21)26(17)11-15(27)25(13-6-7-13)10-12-4-8-14(30-3)9-5-12/h4-5,8-9,13H,6-7,10-11H2,1-3H3. The van der Waals surface area contributed by atoms with Gasteiger partial charge in [0, 0.05) is 26.7 Å². The Kier molecular flexibility index (Phi) is 5.27. The number of methoxy groups -OCH3 is 1. The Balaban J connectivity index is 1.66. The molecule has 1 saturated carbocycles. The zero-order chi connectivity index (χ0) is 21.6. The number of rotatable bonds is 6. The van der Waals surface area contributed by atoms with E-state index in [4.69, 9.17) is 4.74 Å². The molecule has 0 bridgehead atoms. The van der Waals surface area contributed by atoms with Crippen molar-refractivity contribution in [1.82, 2.24) is 23.6 Å². The molecule has 4 rings (SSSR count). The largest absolute Gasteiger partial charge is 0.497 e. The number of carbonyl (C=O) groups excluding carboxylic acids is 1. The Labute approximate surface area is 180 Å². The van der Waals surface area contributed by atoms with Gasteiger partial charge in [0.2, 0.25) is 5.91 Å². The Hall–Kier alpha value is -2.88. The van der Waals surface area contributed by atoms with E-state index in [-0.39, 0.29) is 24.0 Å². The molecule has 2 aromatic heterocycles. The lowest BCUT2D eigenvalue weighted by atomic mass is 10.2. The fourth-order valence-electron chi connectivity index (χ4n) is 3.56. The molecular weight excluding hydrogens is 454 g/mol. The van der Waals surface area contributed by atoms with Crippen molar-refractivity contribution in [3.63, 3.8) is 0 Å². The van der Waals surface area contributed by atoms with Gasteiger partial charge in [-0.15, -0.1) is 0 Å². The number of fused-ring (bicyclic) bond motifs is 1. The Bertz CT molecular complexity index is 1240. The second-order valence-electron chi connectivity index (χ2n) is 7.45. The molecule has 1 amide bonds. The van der Waals surface area contributed by atoms with Crippen LogP contribution in [0.25, 0.3) is 11.2 Å². The lowest BCUT2D eigenvalue weighted by Crippen LogP contribution is -2.38. The highest BCUT2D eigenvalue weighted by Crippen LogP contribution is 2.29. The van der Waals surface area contributed by atoms with Gasteiger partial charge in [-0.25, -0.2) is 9.78 Å². The van der Waals surface area contributed by atoms with Gasteiger partial charge >= 0.3 is 5.69 Å². The van der Waals surface area contributed by atoms with E-state index < -0.39 is 11.2 Å². The molecule has 158 valence electrons. The van der Waals surface area contributed by atoms with E-state index in [2.05, 4.69) is 20.9 Å². The molecule has 1 fully saturated rings. The highest BCUT2D eigenvalue weighted by Gasteiger charge is 2.33. The summed E-state index contributed by atoms with van der Waals surface area (Å²) in [5.41, 5.74) is 0.519. The summed E-state index contributed by atoms with van der Waals surface area (Å²) in [4.78, 5) is 44.1. The molecule has 9 nitrogen and oxygen atoms in total. The number of carbonyl (C=O) groups is 1. The molecule has 0 spiro atoms. The van der Waals surface area contributed by atoms with Gasteiger partial charge in [0.15, 0.2) is 15.9 Å². The summed E-state index contributed by atoms with van der Waals surface area (Å²) >= 11 is 3.34. The van der Waals surface area contributed by atoms with Gasteiger partial charge in [0.25, 0.3) is 5.56 Å². The van der Waals surface area contributed by atoms with Crippen molar-refractivity contribution in [1.29, 1.82) is 0 Å². The summed E-state index contributed by atoms with van der Waals surface area (Å²) in [5, 5.41) is 0. The van der Waals surface area contributed by atoms with Crippen LogP contribution in [0.4, 0.5) is 0 Å². The van der Waals surface area contributed by atoms with Crippen molar-refractivity contribution < 1.29 is 9.53 Å². The Morgan fingerprint density at radius 3 is 2.47 bits per heavy atom. The second kappa shape index (κ2) is 7.75. The fourth-order valence-corrected chi connectivity index (χ4v) is 4.03. The maximum atomic E-state index is 13.2. The Morgan fingerprint density at radius 2 is 1.87 bits per heavy atom. The highest BCUT2D eigenvalue weighted by molar-refractivity contribution is 9.10. The van der Waals surface area contributed by atoms with Gasteiger partial charge in [0.05, 0.1) is 7.11 Å². The van der Waals surface area contributed by atoms with Crippen LogP contribution < -0.4 is 16.0 Å². The first kappa shape index (κ1) is 20.4. The van der Waals surface area contributed by atoms with Crippen LogP contribution in [-0.2, 0) is 32.0 Å². The summed E-state index contributed by atoms with van der Waals surface area (Å²) < 4.78 is 9.45. The van der Waals surface area contributed by atoms with Gasteiger partial charge < -0.3 is 9.64 Å². The van der Waals surface area contributed by atoms with E-state index in [1.165, 1.54) is 11.6 Å². The zero-order valence-corrected chi connectivity index (χ0v) is 18.5. The van der Waals surface area contributed by atoms with E-state index >= 15 is 0 Å². The van der Waals surface area contributed by atoms with Crippen LogP contribution in [0, 0.1) is 0 Å². The predicted molar refractivity (Wildman–Crippen MR) is 114 cm³/mol. The number of ether oxygens (including phenoxy) is 1. The van der Waals surface area contributed by atoms with E-state index in [0.29, 0.717) is 16.9 Å². The van der Waals surface area contributed by atoms with Gasteiger partial charge in [-0.05, 0) is 46.5 Å². The summed E-state index contributed by atoms with van der Waals surface area (Å²) in [5.74, 6) is 0.667. The number of amides is 1. The molecule has 0 N–H and O–H groups in total. The lowest BCUT2D eigenvalue weighted by molar-refractivity contribution is -0.133. The lowest BCUT2D eigenvalue weighted by Gasteiger charge is -2.23. The molecule has 3 aromatic rings. The van der Waals surface area contributed by atoms with Gasteiger partial charge in [-0.2, -0.15) is 0 Å². The average Bonchev–Trinajstić information content (AvgIpc) is 3.53. The van der Waals surface area contributed by atoms with Crippen LogP contribution >= 0.6 is 15.9 Å². The minimum atomic E-state index is -0.489. The number of hydrogen-bond donors (Lipinski definition) is 0. The molecule has 2 heterocycles. The topological polar surface area (TPSA) is 91.4 Å². The van der Waals surface area contributed by atoms with Gasteiger partial charge in [-0.1, -0.05) is 12.1 Å². The third-order valence-corrected chi connectivity index (χ3v) is 6.01. The van der Waals surface area contributed by atoms with Crippen molar-refractivity contribution in [2.45, 2.75) is 32.0 Å². The quantitative estimate of drug-likeness (QED) is 0.502. The number of halogens is 1. The van der Waals surface area contributed by atoms with Crippen LogP contribution in [0.3, 0.4) is 0 Å². The minimum absolute atomic E-state index is 0.0236. The van der Waals surface area contributed by atoms with Crippen molar-refractivity contribution >= 4 is 33.0 Å². The summed E-state index contributed by atoms with van der Waals surface area (Å²) in [7, 11) is 4.59. The third kappa shape index (κ3) is 3.55. The molecule has 0 atom stereocenters. The zero-order valence-electron chi connectivity index (χ0n) is 17.0. The molecular formula is C20H22BrN5O4. The number of nitrogens with zero attached hydrogens (tertiary/aromatic N) is 5. The third-order valence-electron chi connectivity index (χ3n) is 5.41. The molecule has 0 aliphatic heterocycles. The molecule has 1 aliphatic rings. The maximum absolute atomic E-state index is 13.2. The second-order valence-corrected chi connectivity index (χ2v) is 8.16. The number of hydrogen-bond acceptors (Lipinski definition) is 5. The minimum Gasteiger partial charge on any atom is -0.497 e. The van der Waals surface area contributed by atoms with Crippen molar-refractivity contribution in [2.75, 3.05) is 7.11 Å². The summed E-state index contributed by atoms with van der Waals surface area (Å²) in [6.45, 7) is 0.461. The smallest absolute Gasteiger partial charge is 0.332 e. The fraction of sp³-hybridized carbons (Fsp3) is 0.400. The molecule has 0 unspecified atom stereocenters. The molecule has 1 aromatic carbocycles. The number of benzene rings is 1. The average molecular weight is 476 g/mol. The monoisotopic (exact) mass is 475 g/mol. The van der Waals surface area contributed by atoms with E-state index in [1.807, 2.05) is 29.2 Å². The van der Waals surface area contributed by atoms with Crippen molar-refractivity contribution in [3.8, 4) is 5.75 Å². The van der Waals surface area contributed by atoms with Crippen molar-refractivity contribution in [3.05, 3.63) is 55.4 Å². The first-order valence-corrected chi connectivity index (χ1v) is 10.3. The maximum Gasteiger partial charge on any atom is 0.332 e. The Morgan fingerprint density at radius 1 is 1.20 bits per heavy atom. The molecule has 1 aliphatic carbocycles. The normalized spacial score (nSPS) is 13.6. The number of aromatic nitrogens is 4. The highest BCUT2D eigenvalue weighted by atomic mass is 79.9. The van der Waals surface area contributed by atoms with Gasteiger partial charge in [-0.3, -0.25) is 23.3 Å². The van der Waals surface area contributed by atoms with Crippen LogP contribution in [0.5, 0.6) is 5.75 Å². The predicted octanol–water partition coefficient (Wildman–Crippen LogP) is 1.40. The summed E-state index contributed by atoms with van der Waals surface area (Å²) in [6.07, 6.45) is 1.93.